The van der Waals surface area contributed by atoms with Gasteiger partial charge in [-0.25, -0.2) is 9.37 Å². The molecule has 9 heteroatoms. The molecule has 4 rings (SSSR count). The quantitative estimate of drug-likeness (QED) is 0.475. The van der Waals surface area contributed by atoms with E-state index in [9.17, 15) is 8.60 Å². The van der Waals surface area contributed by atoms with Gasteiger partial charge in [0.05, 0.1) is 10.7 Å². The SMILES string of the molecule is CN(C1CC1)[C@H]1CCCC[C@@H]1Nc1cc(F)c([SH+](=O)Nc2nccs2)cc1Cl. The first-order chi connectivity index (χ1) is 13.5. The molecule has 152 valence electrons. The fourth-order valence-corrected chi connectivity index (χ4v) is 5.93. The molecule has 1 heterocycles. The predicted molar refractivity (Wildman–Crippen MR) is 115 cm³/mol. The van der Waals surface area contributed by atoms with Gasteiger partial charge in [-0.1, -0.05) is 28.7 Å². The average Bonchev–Trinajstić information content (AvgIpc) is 3.41. The van der Waals surface area contributed by atoms with Crippen LogP contribution >= 0.6 is 22.9 Å². The van der Waals surface area contributed by atoms with E-state index in [0.717, 1.165) is 19.3 Å². The number of nitrogens with one attached hydrogen (secondary N) is 2. The third kappa shape index (κ3) is 4.50. The molecule has 0 radical (unpaired) electrons. The van der Waals surface area contributed by atoms with Crippen LogP contribution in [0.3, 0.4) is 0 Å². The van der Waals surface area contributed by atoms with Gasteiger partial charge in [0.15, 0.2) is 5.82 Å². The van der Waals surface area contributed by atoms with Gasteiger partial charge in [0.1, 0.15) is 0 Å². The minimum Gasteiger partial charge on any atom is -0.379 e. The first-order valence-electron chi connectivity index (χ1n) is 9.64. The third-order valence-corrected chi connectivity index (χ3v) is 7.95. The maximum atomic E-state index is 14.7. The maximum Gasteiger partial charge on any atom is 0.225 e. The molecule has 0 amide bonds. The summed E-state index contributed by atoms with van der Waals surface area (Å²) in [5.41, 5.74) is 0.571. The highest BCUT2D eigenvalue weighted by Crippen LogP contribution is 2.35. The highest BCUT2D eigenvalue weighted by Gasteiger charge is 2.36. The zero-order chi connectivity index (χ0) is 19.7. The molecule has 2 aliphatic rings. The zero-order valence-electron chi connectivity index (χ0n) is 15.7. The monoisotopic (exact) mass is 443 g/mol. The number of nitrogens with zero attached hydrogens (tertiary/aromatic N) is 2. The van der Waals surface area contributed by atoms with Gasteiger partial charge in [-0.2, -0.15) is 4.72 Å². The molecular formula is C19H25ClFN4OS2+. The number of thiazole rings is 1. The van der Waals surface area contributed by atoms with Gasteiger partial charge in [0, 0.05) is 41.8 Å². The molecule has 3 atom stereocenters. The Morgan fingerprint density at radius 1 is 1.29 bits per heavy atom. The summed E-state index contributed by atoms with van der Waals surface area (Å²) < 4.78 is 29.9. The Hall–Kier alpha value is -1.22. The number of likely N-dealkylation sites (N-methyl/N-ethyl adjacent to an activating group) is 1. The van der Waals surface area contributed by atoms with Crippen molar-refractivity contribution in [2.24, 2.45) is 0 Å². The van der Waals surface area contributed by atoms with Crippen molar-refractivity contribution in [3.63, 3.8) is 0 Å². The normalized spacial score (nSPS) is 23.6. The predicted octanol–water partition coefficient (Wildman–Crippen LogP) is 4.84. The van der Waals surface area contributed by atoms with E-state index in [4.69, 9.17) is 11.6 Å². The number of halogens is 2. The summed E-state index contributed by atoms with van der Waals surface area (Å²) in [6.45, 7) is 0. The molecule has 2 saturated carbocycles. The van der Waals surface area contributed by atoms with Crippen molar-refractivity contribution in [1.82, 2.24) is 9.88 Å². The van der Waals surface area contributed by atoms with Gasteiger partial charge in [-0.3, -0.25) is 4.90 Å². The molecular weight excluding hydrogens is 419 g/mol. The lowest BCUT2D eigenvalue weighted by atomic mass is 9.89. The van der Waals surface area contributed by atoms with Gasteiger partial charge < -0.3 is 5.32 Å². The van der Waals surface area contributed by atoms with E-state index in [0.29, 0.717) is 27.9 Å². The molecule has 2 aliphatic carbocycles. The summed E-state index contributed by atoms with van der Waals surface area (Å²) >= 11 is 7.75. The molecule has 0 spiro atoms. The molecule has 1 aromatic carbocycles. The Balaban J connectivity index is 1.50. The lowest BCUT2D eigenvalue weighted by Crippen LogP contribution is -2.48. The Labute approximate surface area is 176 Å². The average molecular weight is 444 g/mol. The Kier molecular flexibility index (Phi) is 6.20. The van der Waals surface area contributed by atoms with E-state index in [-0.39, 0.29) is 10.9 Å². The second-order valence-corrected chi connectivity index (χ2v) is 10.1. The first-order valence-corrected chi connectivity index (χ1v) is 12.2. The Morgan fingerprint density at radius 2 is 2.07 bits per heavy atom. The van der Waals surface area contributed by atoms with E-state index in [1.807, 2.05) is 0 Å². The van der Waals surface area contributed by atoms with E-state index >= 15 is 0 Å². The summed E-state index contributed by atoms with van der Waals surface area (Å²) in [6.07, 6.45) is 8.71. The number of aromatic nitrogens is 1. The molecule has 0 aliphatic heterocycles. The Morgan fingerprint density at radius 3 is 2.79 bits per heavy atom. The van der Waals surface area contributed by atoms with Crippen molar-refractivity contribution in [2.45, 2.75) is 61.5 Å². The summed E-state index contributed by atoms with van der Waals surface area (Å²) in [5, 5.41) is 6.12. The summed E-state index contributed by atoms with van der Waals surface area (Å²) in [6, 6.07) is 4.19. The first kappa shape index (κ1) is 20.1. The van der Waals surface area contributed by atoms with Crippen LogP contribution in [0.2, 0.25) is 5.02 Å². The van der Waals surface area contributed by atoms with Crippen LogP contribution in [-0.4, -0.2) is 35.1 Å². The topological polar surface area (TPSA) is 57.3 Å². The number of thiol groups is 1. The number of rotatable bonds is 7. The fraction of sp³-hybridized carbons (Fsp3) is 0.526. The summed E-state index contributed by atoms with van der Waals surface area (Å²) in [4.78, 5) is 6.57. The highest BCUT2D eigenvalue weighted by molar-refractivity contribution is 7.86. The van der Waals surface area contributed by atoms with Crippen molar-refractivity contribution >= 4 is 44.7 Å². The van der Waals surface area contributed by atoms with Gasteiger partial charge in [-0.05, 0) is 32.7 Å². The second kappa shape index (κ2) is 8.65. The highest BCUT2D eigenvalue weighted by atomic mass is 35.5. The Bertz CT molecular complexity index is 847. The van der Waals surface area contributed by atoms with Gasteiger partial charge >= 0.3 is 0 Å². The zero-order valence-corrected chi connectivity index (χ0v) is 18.2. The molecule has 2 fully saturated rings. The fourth-order valence-electron chi connectivity index (χ4n) is 3.95. The lowest BCUT2D eigenvalue weighted by molar-refractivity contribution is 0.169. The van der Waals surface area contributed by atoms with Crippen LogP contribution in [0.4, 0.5) is 15.2 Å². The number of anilines is 2. The van der Waals surface area contributed by atoms with Crippen molar-refractivity contribution in [3.05, 3.63) is 34.5 Å². The molecule has 5 nitrogen and oxygen atoms in total. The van der Waals surface area contributed by atoms with Crippen LogP contribution < -0.4 is 10.0 Å². The van der Waals surface area contributed by atoms with Crippen LogP contribution in [0.1, 0.15) is 38.5 Å². The van der Waals surface area contributed by atoms with E-state index in [1.165, 1.54) is 42.7 Å². The minimum atomic E-state index is -2.16. The molecule has 0 bridgehead atoms. The van der Waals surface area contributed by atoms with Crippen LogP contribution in [0, 0.1) is 5.82 Å². The number of hydrogen-bond acceptors (Lipinski definition) is 5. The summed E-state index contributed by atoms with van der Waals surface area (Å²) in [7, 11) is 0.0348. The molecule has 0 saturated heterocycles. The van der Waals surface area contributed by atoms with Gasteiger partial charge in [-0.15, -0.1) is 11.3 Å². The van der Waals surface area contributed by atoms with Crippen molar-refractivity contribution < 1.29 is 8.60 Å². The third-order valence-electron chi connectivity index (χ3n) is 5.60. The van der Waals surface area contributed by atoms with Gasteiger partial charge in [0.2, 0.25) is 21.0 Å². The van der Waals surface area contributed by atoms with E-state index in [2.05, 4.69) is 27.0 Å². The standard InChI is InChI=1S/C19H24ClFN4OS2/c1-25(12-6-7-12)17-5-3-2-4-15(17)23-16-11-14(21)18(10-13(16)20)28(26)24-19-22-8-9-27-19/h8-12,15,17,23H,2-7H2,1H3,(H,22,24,26)/p+1/t15-,17-,28?/m0/s1. The minimum absolute atomic E-state index is 0.0658. The van der Waals surface area contributed by atoms with Gasteiger partial charge in [0.25, 0.3) is 0 Å². The molecule has 1 unspecified atom stereocenters. The van der Waals surface area contributed by atoms with Crippen LogP contribution in [0.25, 0.3) is 0 Å². The van der Waals surface area contributed by atoms with E-state index < -0.39 is 16.8 Å². The van der Waals surface area contributed by atoms with Crippen molar-refractivity contribution in [2.75, 3.05) is 17.1 Å². The summed E-state index contributed by atoms with van der Waals surface area (Å²) in [5.74, 6) is -0.528. The number of benzene rings is 1. The largest absolute Gasteiger partial charge is 0.379 e. The van der Waals surface area contributed by atoms with E-state index in [1.54, 1.807) is 11.6 Å². The smallest absolute Gasteiger partial charge is 0.225 e. The molecule has 28 heavy (non-hydrogen) atoms. The van der Waals surface area contributed by atoms with Crippen LogP contribution in [0.5, 0.6) is 0 Å². The lowest BCUT2D eigenvalue weighted by Gasteiger charge is -2.39. The molecule has 2 aromatic rings. The number of hydrogen-bond donors (Lipinski definition) is 2. The van der Waals surface area contributed by atoms with Crippen molar-refractivity contribution in [3.8, 4) is 0 Å². The molecule has 2 N–H and O–H groups in total. The van der Waals surface area contributed by atoms with Crippen LogP contribution in [-0.2, 0) is 15.2 Å². The van der Waals surface area contributed by atoms with Crippen LogP contribution in [0.15, 0.2) is 28.6 Å². The molecule has 1 aromatic heterocycles. The van der Waals surface area contributed by atoms with Crippen molar-refractivity contribution in [1.29, 1.82) is 0 Å². The second-order valence-electron chi connectivity index (χ2n) is 7.53. The maximum absolute atomic E-state index is 14.7.